The second-order valence-electron chi connectivity index (χ2n) is 4.96. The van der Waals surface area contributed by atoms with Crippen LogP contribution in [0.1, 0.15) is 18.7 Å². The van der Waals surface area contributed by atoms with Crippen LogP contribution >= 0.6 is 11.3 Å². The van der Waals surface area contributed by atoms with Crippen LogP contribution in [0.15, 0.2) is 16.3 Å². The van der Waals surface area contributed by atoms with Gasteiger partial charge >= 0.3 is 0 Å². The van der Waals surface area contributed by atoms with E-state index in [2.05, 4.69) is 4.72 Å². The Bertz CT molecular complexity index is 492. The zero-order chi connectivity index (χ0) is 14.0. The van der Waals surface area contributed by atoms with Crippen molar-refractivity contribution in [3.63, 3.8) is 0 Å². The number of nitrogens with two attached hydrogens (primary N) is 1. The van der Waals surface area contributed by atoms with Gasteiger partial charge in [-0.15, -0.1) is 11.3 Å². The summed E-state index contributed by atoms with van der Waals surface area (Å²) in [4.78, 5) is 2.84. The Morgan fingerprint density at radius 2 is 2.00 bits per heavy atom. The molecule has 1 aromatic rings. The van der Waals surface area contributed by atoms with E-state index in [-0.39, 0.29) is 5.54 Å². The van der Waals surface area contributed by atoms with Crippen molar-refractivity contribution in [3.8, 4) is 0 Å². The minimum atomic E-state index is -3.43. The van der Waals surface area contributed by atoms with E-state index in [0.717, 1.165) is 4.88 Å². The zero-order valence-corrected chi connectivity index (χ0v) is 12.9. The summed E-state index contributed by atoms with van der Waals surface area (Å²) in [6.07, 6.45) is 0. The predicted octanol–water partition coefficient (Wildman–Crippen LogP) is 0.825. The number of nitrogens with zero attached hydrogens (tertiary/aromatic N) is 1. The molecule has 1 aromatic heterocycles. The molecule has 7 heteroatoms. The number of rotatable bonds is 6. The van der Waals surface area contributed by atoms with Crippen LogP contribution < -0.4 is 10.5 Å². The lowest BCUT2D eigenvalue weighted by Gasteiger charge is -2.32. The highest BCUT2D eigenvalue weighted by Crippen LogP contribution is 2.21. The van der Waals surface area contributed by atoms with Crippen LogP contribution in [0.5, 0.6) is 0 Å². The lowest BCUT2D eigenvalue weighted by molar-refractivity contribution is 0.199. The molecule has 0 radical (unpaired) electrons. The third-order valence-electron chi connectivity index (χ3n) is 3.01. The predicted molar refractivity (Wildman–Crippen MR) is 75.2 cm³/mol. The third-order valence-corrected chi connectivity index (χ3v) is 6.01. The van der Waals surface area contributed by atoms with Gasteiger partial charge in [0.05, 0.1) is 0 Å². The molecule has 0 aliphatic carbocycles. The molecule has 0 aliphatic rings. The molecule has 18 heavy (non-hydrogen) atoms. The van der Waals surface area contributed by atoms with E-state index in [4.69, 9.17) is 5.73 Å². The van der Waals surface area contributed by atoms with Gasteiger partial charge < -0.3 is 10.6 Å². The largest absolute Gasteiger partial charge is 0.326 e. The Morgan fingerprint density at radius 3 is 2.44 bits per heavy atom. The number of hydrogen-bond acceptors (Lipinski definition) is 5. The van der Waals surface area contributed by atoms with E-state index in [1.54, 1.807) is 12.1 Å². The fourth-order valence-electron chi connectivity index (χ4n) is 1.11. The molecule has 0 aromatic carbocycles. The topological polar surface area (TPSA) is 75.4 Å². The summed E-state index contributed by atoms with van der Waals surface area (Å²) in [7, 11) is 0.415. The number of likely N-dealkylation sites (N-methyl/N-ethyl adjacent to an activating group) is 1. The molecule has 1 heterocycles. The summed E-state index contributed by atoms with van der Waals surface area (Å²) in [5.41, 5.74) is 5.24. The average molecular weight is 291 g/mol. The molecule has 0 saturated carbocycles. The first-order valence-electron chi connectivity index (χ1n) is 5.65. The first-order chi connectivity index (χ1) is 8.19. The third kappa shape index (κ3) is 3.76. The van der Waals surface area contributed by atoms with Crippen molar-refractivity contribution in [1.82, 2.24) is 9.62 Å². The molecular weight excluding hydrogens is 270 g/mol. The van der Waals surface area contributed by atoms with Gasteiger partial charge in [0.2, 0.25) is 10.0 Å². The minimum absolute atomic E-state index is 0.235. The highest BCUT2D eigenvalue weighted by molar-refractivity contribution is 7.91. The molecule has 0 unspecified atom stereocenters. The Kier molecular flexibility index (Phi) is 4.90. The molecular formula is C11H21N3O2S2. The quantitative estimate of drug-likeness (QED) is 0.814. The normalized spacial score (nSPS) is 13.2. The summed E-state index contributed by atoms with van der Waals surface area (Å²) in [5.74, 6) is 0. The minimum Gasteiger partial charge on any atom is -0.326 e. The van der Waals surface area contributed by atoms with Crippen molar-refractivity contribution in [3.05, 3.63) is 17.0 Å². The van der Waals surface area contributed by atoms with Crippen molar-refractivity contribution >= 4 is 21.4 Å². The lowest BCUT2D eigenvalue weighted by Crippen LogP contribution is -2.47. The fraction of sp³-hybridized carbons (Fsp3) is 0.636. The molecule has 0 bridgehead atoms. The number of sulfonamides is 1. The second-order valence-corrected chi connectivity index (χ2v) is 8.12. The maximum absolute atomic E-state index is 12.1. The monoisotopic (exact) mass is 291 g/mol. The Morgan fingerprint density at radius 1 is 1.39 bits per heavy atom. The van der Waals surface area contributed by atoms with Crippen LogP contribution in [-0.2, 0) is 16.6 Å². The Hall–Kier alpha value is -0.470. The Labute approximate surface area is 113 Å². The van der Waals surface area contributed by atoms with Crippen molar-refractivity contribution in [2.24, 2.45) is 5.73 Å². The summed E-state index contributed by atoms with van der Waals surface area (Å²) < 4.78 is 27.1. The molecule has 0 aliphatic heterocycles. The first kappa shape index (κ1) is 15.6. The van der Waals surface area contributed by atoms with Crippen LogP contribution in [-0.4, -0.2) is 39.5 Å². The molecule has 0 saturated heterocycles. The van der Waals surface area contributed by atoms with Crippen molar-refractivity contribution in [1.29, 1.82) is 0 Å². The molecule has 0 fully saturated rings. The van der Waals surface area contributed by atoms with Crippen LogP contribution in [0.4, 0.5) is 0 Å². The summed E-state index contributed by atoms with van der Waals surface area (Å²) in [6, 6.07) is 3.34. The van der Waals surface area contributed by atoms with Crippen LogP contribution in [0.2, 0.25) is 0 Å². The van der Waals surface area contributed by atoms with E-state index in [9.17, 15) is 8.42 Å². The number of nitrogens with one attached hydrogen (secondary N) is 1. The average Bonchev–Trinajstić information content (AvgIpc) is 2.75. The number of hydrogen-bond donors (Lipinski definition) is 2. The summed E-state index contributed by atoms with van der Waals surface area (Å²) in [5, 5.41) is 0. The van der Waals surface area contributed by atoms with Gasteiger partial charge in [-0.05, 0) is 40.1 Å². The smallest absolute Gasteiger partial charge is 0.250 e. The molecule has 104 valence electrons. The van der Waals surface area contributed by atoms with Crippen molar-refractivity contribution < 1.29 is 8.42 Å². The molecule has 1 rings (SSSR count). The molecule has 0 atom stereocenters. The van der Waals surface area contributed by atoms with E-state index < -0.39 is 10.0 Å². The summed E-state index contributed by atoms with van der Waals surface area (Å²) in [6.45, 7) is 4.69. The van der Waals surface area contributed by atoms with E-state index in [0.29, 0.717) is 17.3 Å². The van der Waals surface area contributed by atoms with Gasteiger partial charge in [-0.2, -0.15) is 0 Å². The second kappa shape index (κ2) is 5.66. The molecule has 3 N–H and O–H groups in total. The van der Waals surface area contributed by atoms with Crippen LogP contribution in [0.3, 0.4) is 0 Å². The van der Waals surface area contributed by atoms with Gasteiger partial charge in [0.1, 0.15) is 4.21 Å². The molecule has 5 nitrogen and oxygen atoms in total. The standard InChI is InChI=1S/C11H21N3O2S2/c1-11(2,14(3)4)8-13-18(15,16)10-6-5-9(7-12)17-10/h5-6,13H,7-8,12H2,1-4H3. The molecule has 0 spiro atoms. The van der Waals surface area contributed by atoms with Gasteiger partial charge in [0.15, 0.2) is 0 Å². The van der Waals surface area contributed by atoms with E-state index >= 15 is 0 Å². The van der Waals surface area contributed by atoms with Crippen molar-refractivity contribution in [2.75, 3.05) is 20.6 Å². The van der Waals surface area contributed by atoms with E-state index in [1.807, 2.05) is 32.8 Å². The highest BCUT2D eigenvalue weighted by Gasteiger charge is 2.24. The van der Waals surface area contributed by atoms with E-state index in [1.165, 1.54) is 11.3 Å². The summed E-state index contributed by atoms with van der Waals surface area (Å²) >= 11 is 1.21. The number of thiophene rings is 1. The highest BCUT2D eigenvalue weighted by atomic mass is 32.2. The van der Waals surface area contributed by atoms with Gasteiger partial charge in [-0.25, -0.2) is 13.1 Å². The fourth-order valence-corrected chi connectivity index (χ4v) is 3.60. The van der Waals surface area contributed by atoms with Gasteiger partial charge in [0.25, 0.3) is 0 Å². The van der Waals surface area contributed by atoms with Crippen LogP contribution in [0, 0.1) is 0 Å². The SMILES string of the molecule is CN(C)C(C)(C)CNS(=O)(=O)c1ccc(CN)s1. The zero-order valence-electron chi connectivity index (χ0n) is 11.2. The lowest BCUT2D eigenvalue weighted by atomic mass is 10.1. The van der Waals surface area contributed by atoms with Gasteiger partial charge in [-0.3, -0.25) is 0 Å². The van der Waals surface area contributed by atoms with Crippen molar-refractivity contribution in [2.45, 2.75) is 30.1 Å². The molecule has 0 amide bonds. The van der Waals surface area contributed by atoms with Gasteiger partial charge in [-0.1, -0.05) is 0 Å². The Balaban J connectivity index is 2.77. The first-order valence-corrected chi connectivity index (χ1v) is 7.95. The van der Waals surface area contributed by atoms with Crippen LogP contribution in [0.25, 0.3) is 0 Å². The van der Waals surface area contributed by atoms with Gasteiger partial charge in [0, 0.05) is 23.5 Å². The maximum Gasteiger partial charge on any atom is 0.250 e. The maximum atomic E-state index is 12.1.